The highest BCUT2D eigenvalue weighted by Crippen LogP contribution is 2.34. The molecule has 0 spiro atoms. The van der Waals surface area contributed by atoms with Gasteiger partial charge >= 0.3 is 0 Å². The Labute approximate surface area is 116 Å². The number of nitrogen functional groups attached to an aromatic ring is 2. The molecular formula is C13H7F2N5O. The Hall–Kier alpha value is -3.39. The number of halogens is 2. The van der Waals surface area contributed by atoms with Gasteiger partial charge in [-0.15, -0.1) is 0 Å². The van der Waals surface area contributed by atoms with Gasteiger partial charge in [-0.1, -0.05) is 0 Å². The first kappa shape index (κ1) is 14.0. The third-order valence-corrected chi connectivity index (χ3v) is 2.87. The van der Waals surface area contributed by atoms with E-state index < -0.39 is 28.4 Å². The summed E-state index contributed by atoms with van der Waals surface area (Å²) in [4.78, 5) is 13.9. The van der Waals surface area contributed by atoms with Crippen LogP contribution in [0.2, 0.25) is 0 Å². The third-order valence-electron chi connectivity index (χ3n) is 2.87. The van der Waals surface area contributed by atoms with Crippen LogP contribution in [0.1, 0.15) is 11.1 Å². The van der Waals surface area contributed by atoms with Crippen molar-refractivity contribution in [2.75, 3.05) is 11.5 Å². The minimum absolute atomic E-state index is 0.153. The van der Waals surface area contributed by atoms with Gasteiger partial charge in [-0.05, 0) is 12.1 Å². The Kier molecular flexibility index (Phi) is 3.30. The van der Waals surface area contributed by atoms with Crippen molar-refractivity contribution in [3.8, 4) is 23.3 Å². The van der Waals surface area contributed by atoms with Gasteiger partial charge in [-0.25, -0.2) is 8.78 Å². The molecule has 0 aliphatic carbocycles. The van der Waals surface area contributed by atoms with Gasteiger partial charge in [0, 0.05) is 11.1 Å². The van der Waals surface area contributed by atoms with Crippen molar-refractivity contribution < 1.29 is 8.78 Å². The van der Waals surface area contributed by atoms with Crippen molar-refractivity contribution in [3.63, 3.8) is 0 Å². The van der Waals surface area contributed by atoms with E-state index in [0.29, 0.717) is 0 Å². The number of hydrogen-bond acceptors (Lipinski definition) is 5. The molecule has 0 atom stereocenters. The van der Waals surface area contributed by atoms with Gasteiger partial charge in [0.25, 0.3) is 5.56 Å². The molecule has 0 fully saturated rings. The van der Waals surface area contributed by atoms with E-state index in [-0.39, 0.29) is 22.5 Å². The van der Waals surface area contributed by atoms with Gasteiger partial charge in [0.2, 0.25) is 0 Å². The molecule has 1 aromatic heterocycles. The van der Waals surface area contributed by atoms with Crippen LogP contribution < -0.4 is 17.0 Å². The van der Waals surface area contributed by atoms with Crippen LogP contribution in [0, 0.1) is 34.3 Å². The summed E-state index contributed by atoms with van der Waals surface area (Å²) in [5.74, 6) is -2.81. The summed E-state index contributed by atoms with van der Waals surface area (Å²) in [7, 11) is 0. The quantitative estimate of drug-likeness (QED) is 0.678. The predicted octanol–water partition coefficient (Wildman–Crippen LogP) is 1.23. The van der Waals surface area contributed by atoms with E-state index >= 15 is 0 Å². The van der Waals surface area contributed by atoms with Gasteiger partial charge in [0.1, 0.15) is 29.1 Å². The van der Waals surface area contributed by atoms with Gasteiger partial charge < -0.3 is 16.5 Å². The van der Waals surface area contributed by atoms with Crippen molar-refractivity contribution in [1.82, 2.24) is 4.98 Å². The minimum Gasteiger partial charge on any atom is -0.396 e. The molecule has 8 heteroatoms. The molecule has 2 aromatic rings. The number of aromatic nitrogens is 1. The fourth-order valence-corrected chi connectivity index (χ4v) is 1.90. The van der Waals surface area contributed by atoms with Crippen molar-refractivity contribution in [1.29, 1.82) is 10.5 Å². The summed E-state index contributed by atoms with van der Waals surface area (Å²) in [6, 6.07) is 5.16. The Morgan fingerprint density at radius 1 is 1.10 bits per heavy atom. The Morgan fingerprint density at radius 3 is 2.29 bits per heavy atom. The first-order valence-corrected chi connectivity index (χ1v) is 5.52. The standard InChI is InChI=1S/C13H7F2N5O/c14-8-2-1-5(11(18)10(8)15)9-6(3-16)12(19)20-13(21)7(9)4-17/h1-2H,18H2,(H3,19,20,21). The first-order chi connectivity index (χ1) is 9.92. The van der Waals surface area contributed by atoms with Crippen molar-refractivity contribution in [2.45, 2.75) is 0 Å². The Balaban J connectivity index is 3.01. The number of H-pyrrole nitrogens is 1. The molecule has 0 amide bonds. The van der Waals surface area contributed by atoms with Crippen molar-refractivity contribution in [2.24, 2.45) is 0 Å². The van der Waals surface area contributed by atoms with E-state index in [9.17, 15) is 13.6 Å². The van der Waals surface area contributed by atoms with Crippen LogP contribution in [-0.4, -0.2) is 4.98 Å². The molecule has 0 aliphatic heterocycles. The molecule has 0 saturated heterocycles. The van der Waals surface area contributed by atoms with Crippen LogP contribution >= 0.6 is 0 Å². The zero-order valence-electron chi connectivity index (χ0n) is 10.4. The fourth-order valence-electron chi connectivity index (χ4n) is 1.90. The molecule has 0 saturated carbocycles. The predicted molar refractivity (Wildman–Crippen MR) is 70.7 cm³/mol. The molecule has 6 nitrogen and oxygen atoms in total. The van der Waals surface area contributed by atoms with Crippen LogP contribution in [0.4, 0.5) is 20.3 Å². The van der Waals surface area contributed by atoms with Gasteiger partial charge in [-0.3, -0.25) is 4.79 Å². The molecule has 1 aromatic carbocycles. The van der Waals surface area contributed by atoms with Gasteiger partial charge in [-0.2, -0.15) is 10.5 Å². The van der Waals surface area contributed by atoms with Crippen LogP contribution in [0.25, 0.3) is 11.1 Å². The topological polar surface area (TPSA) is 132 Å². The van der Waals surface area contributed by atoms with E-state index in [4.69, 9.17) is 22.0 Å². The molecule has 2 rings (SSSR count). The number of nitrogens with one attached hydrogen (secondary N) is 1. The lowest BCUT2D eigenvalue weighted by Gasteiger charge is -2.11. The van der Waals surface area contributed by atoms with Crippen LogP contribution in [0.5, 0.6) is 0 Å². The highest BCUT2D eigenvalue weighted by molar-refractivity contribution is 5.86. The summed E-state index contributed by atoms with van der Waals surface area (Å²) in [5, 5.41) is 18.2. The number of hydrogen-bond donors (Lipinski definition) is 3. The van der Waals surface area contributed by atoms with E-state index in [0.717, 1.165) is 12.1 Å². The van der Waals surface area contributed by atoms with Crippen LogP contribution in [0.15, 0.2) is 16.9 Å². The van der Waals surface area contributed by atoms with E-state index in [1.807, 2.05) is 0 Å². The molecule has 0 radical (unpaired) electrons. The zero-order valence-corrected chi connectivity index (χ0v) is 10.4. The molecule has 104 valence electrons. The number of nitrogens with two attached hydrogens (primary N) is 2. The summed E-state index contributed by atoms with van der Waals surface area (Å²) in [6.45, 7) is 0. The second-order valence-electron chi connectivity index (χ2n) is 4.04. The zero-order chi connectivity index (χ0) is 15.7. The lowest BCUT2D eigenvalue weighted by Crippen LogP contribution is -2.17. The number of anilines is 2. The van der Waals surface area contributed by atoms with E-state index in [2.05, 4.69) is 4.98 Å². The maximum atomic E-state index is 13.6. The number of nitrogens with zero attached hydrogens (tertiary/aromatic N) is 2. The summed E-state index contributed by atoms with van der Waals surface area (Å²) >= 11 is 0. The summed E-state index contributed by atoms with van der Waals surface area (Å²) < 4.78 is 26.7. The number of nitriles is 2. The fraction of sp³-hybridized carbons (Fsp3) is 0. The minimum atomic E-state index is -1.33. The monoisotopic (exact) mass is 287 g/mol. The highest BCUT2D eigenvalue weighted by Gasteiger charge is 2.22. The second kappa shape index (κ2) is 4.94. The largest absolute Gasteiger partial charge is 0.396 e. The molecule has 1 heterocycles. The van der Waals surface area contributed by atoms with Gasteiger partial charge in [0.05, 0.1) is 5.69 Å². The molecular weight excluding hydrogens is 280 g/mol. The summed E-state index contributed by atoms with van der Waals surface area (Å²) in [6.07, 6.45) is 0. The highest BCUT2D eigenvalue weighted by atomic mass is 19.2. The van der Waals surface area contributed by atoms with Crippen molar-refractivity contribution in [3.05, 3.63) is 45.2 Å². The SMILES string of the molecule is N#Cc1c(N)[nH]c(=O)c(C#N)c1-c1ccc(F)c(F)c1N. The van der Waals surface area contributed by atoms with Crippen molar-refractivity contribution >= 4 is 11.5 Å². The first-order valence-electron chi connectivity index (χ1n) is 5.52. The second-order valence-corrected chi connectivity index (χ2v) is 4.04. The van der Waals surface area contributed by atoms with Crippen LogP contribution in [-0.2, 0) is 0 Å². The van der Waals surface area contributed by atoms with Crippen LogP contribution in [0.3, 0.4) is 0 Å². The maximum Gasteiger partial charge on any atom is 0.268 e. The Morgan fingerprint density at radius 2 is 1.71 bits per heavy atom. The van der Waals surface area contributed by atoms with Gasteiger partial charge in [0.15, 0.2) is 11.6 Å². The lowest BCUT2D eigenvalue weighted by molar-refractivity contribution is 0.512. The molecule has 5 N–H and O–H groups in total. The van der Waals surface area contributed by atoms with E-state index in [1.54, 1.807) is 12.1 Å². The molecule has 0 bridgehead atoms. The number of rotatable bonds is 1. The summed E-state index contributed by atoms with van der Waals surface area (Å²) in [5.41, 5.74) is 8.44. The maximum absolute atomic E-state index is 13.6. The molecule has 0 aliphatic rings. The average molecular weight is 287 g/mol. The average Bonchev–Trinajstić information content (AvgIpc) is 2.44. The number of benzene rings is 1. The molecule has 0 unspecified atom stereocenters. The van der Waals surface area contributed by atoms with E-state index in [1.165, 1.54) is 0 Å². The smallest absolute Gasteiger partial charge is 0.268 e. The molecule has 21 heavy (non-hydrogen) atoms. The number of pyridine rings is 1. The lowest BCUT2D eigenvalue weighted by atomic mass is 9.95. The number of aromatic amines is 1. The normalized spacial score (nSPS) is 9.90. The Bertz CT molecular complexity index is 889. The third kappa shape index (κ3) is 2.05.